The maximum Gasteiger partial charge on any atom is 0.326 e. The first-order valence-corrected chi connectivity index (χ1v) is 7.64. The van der Waals surface area contributed by atoms with Gasteiger partial charge in [-0.15, -0.1) is 0 Å². The van der Waals surface area contributed by atoms with Gasteiger partial charge in [-0.2, -0.15) is 0 Å². The molecule has 23 heavy (non-hydrogen) atoms. The zero-order chi connectivity index (χ0) is 16.4. The van der Waals surface area contributed by atoms with Gasteiger partial charge in [0.25, 0.3) is 5.91 Å². The Balaban J connectivity index is 1.91. The third-order valence-electron chi connectivity index (χ3n) is 4.04. The number of benzene rings is 1. The molecule has 0 aliphatic heterocycles. The zero-order valence-electron chi connectivity index (χ0n) is 12.8. The summed E-state index contributed by atoms with van der Waals surface area (Å²) in [4.78, 5) is 29.7. The highest BCUT2D eigenvalue weighted by atomic mass is 16.4. The lowest BCUT2D eigenvalue weighted by Crippen LogP contribution is -2.44. The molecule has 0 spiro atoms. The Bertz CT molecular complexity index is 726. The van der Waals surface area contributed by atoms with Crippen LogP contribution in [0.25, 0.3) is 11.1 Å². The predicted octanol–water partition coefficient (Wildman–Crippen LogP) is 2.83. The summed E-state index contributed by atoms with van der Waals surface area (Å²) in [6.45, 7) is 1.55. The lowest BCUT2D eigenvalue weighted by Gasteiger charge is -2.26. The molecule has 5 heteroatoms. The molecule has 1 heterocycles. The maximum absolute atomic E-state index is 12.8. The van der Waals surface area contributed by atoms with Gasteiger partial charge in [-0.3, -0.25) is 9.78 Å². The summed E-state index contributed by atoms with van der Waals surface area (Å²) in [6, 6.07) is 10.6. The van der Waals surface area contributed by atoms with Crippen molar-refractivity contribution in [3.05, 3.63) is 54.4 Å². The van der Waals surface area contributed by atoms with Crippen LogP contribution in [0.4, 0.5) is 0 Å². The van der Waals surface area contributed by atoms with Gasteiger partial charge < -0.3 is 10.0 Å². The van der Waals surface area contributed by atoms with E-state index in [1.165, 1.54) is 11.1 Å². The van der Waals surface area contributed by atoms with E-state index in [9.17, 15) is 14.7 Å². The minimum absolute atomic E-state index is 0.0222. The van der Waals surface area contributed by atoms with Crippen LogP contribution in [0.3, 0.4) is 0 Å². The molecule has 1 aromatic carbocycles. The fourth-order valence-electron chi connectivity index (χ4n) is 2.62. The van der Waals surface area contributed by atoms with Crippen LogP contribution in [0.2, 0.25) is 0 Å². The topological polar surface area (TPSA) is 70.5 Å². The lowest BCUT2D eigenvalue weighted by atomic mass is 10.1. The SMILES string of the molecule is CC(C(=O)O)N(C(=O)c1cncc(-c2ccccc2)c1)C1CC1. The van der Waals surface area contributed by atoms with Crippen molar-refractivity contribution >= 4 is 11.9 Å². The standard InChI is InChI=1S/C18H18N2O3/c1-12(18(22)23)20(16-7-8-16)17(21)15-9-14(10-19-11-15)13-5-3-2-4-6-13/h2-6,9-12,16H,7-8H2,1H3,(H,22,23). The highest BCUT2D eigenvalue weighted by molar-refractivity contribution is 5.97. The van der Waals surface area contributed by atoms with Crippen molar-refractivity contribution in [3.63, 3.8) is 0 Å². The summed E-state index contributed by atoms with van der Waals surface area (Å²) in [6.07, 6.45) is 4.91. The predicted molar refractivity (Wildman–Crippen MR) is 86.0 cm³/mol. The molecule has 1 N–H and O–H groups in total. The van der Waals surface area contributed by atoms with Crippen molar-refractivity contribution in [1.82, 2.24) is 9.88 Å². The zero-order valence-corrected chi connectivity index (χ0v) is 12.8. The van der Waals surface area contributed by atoms with Gasteiger partial charge in [-0.1, -0.05) is 30.3 Å². The summed E-state index contributed by atoms with van der Waals surface area (Å²) in [5, 5.41) is 9.25. The molecule has 0 saturated heterocycles. The Labute approximate surface area is 134 Å². The molecular formula is C18H18N2O3. The number of rotatable bonds is 5. The molecule has 5 nitrogen and oxygen atoms in total. The summed E-state index contributed by atoms with van der Waals surface area (Å²) in [5.74, 6) is -1.26. The van der Waals surface area contributed by atoms with E-state index < -0.39 is 12.0 Å². The van der Waals surface area contributed by atoms with Gasteiger partial charge in [-0.05, 0) is 31.4 Å². The minimum atomic E-state index is -0.988. The third kappa shape index (κ3) is 3.23. The van der Waals surface area contributed by atoms with E-state index in [0.717, 1.165) is 24.0 Å². The molecule has 1 fully saturated rings. The van der Waals surface area contributed by atoms with E-state index in [4.69, 9.17) is 0 Å². The quantitative estimate of drug-likeness (QED) is 0.922. The Morgan fingerprint density at radius 2 is 1.87 bits per heavy atom. The van der Waals surface area contributed by atoms with E-state index in [1.807, 2.05) is 30.3 Å². The van der Waals surface area contributed by atoms with E-state index in [2.05, 4.69) is 4.98 Å². The average Bonchev–Trinajstić information content (AvgIpc) is 3.40. The van der Waals surface area contributed by atoms with Crippen molar-refractivity contribution in [2.24, 2.45) is 0 Å². The fourth-order valence-corrected chi connectivity index (χ4v) is 2.62. The average molecular weight is 310 g/mol. The van der Waals surface area contributed by atoms with Crippen LogP contribution in [0.15, 0.2) is 48.8 Å². The number of hydrogen-bond acceptors (Lipinski definition) is 3. The summed E-state index contributed by atoms with van der Waals surface area (Å²) < 4.78 is 0. The summed E-state index contributed by atoms with van der Waals surface area (Å²) in [7, 11) is 0. The molecule has 1 aliphatic rings. The summed E-state index contributed by atoms with van der Waals surface area (Å²) in [5.41, 5.74) is 2.24. The Hall–Kier alpha value is -2.69. The van der Waals surface area contributed by atoms with E-state index in [-0.39, 0.29) is 11.9 Å². The number of carbonyl (C=O) groups excluding carboxylic acids is 1. The second-order valence-corrected chi connectivity index (χ2v) is 5.79. The molecule has 2 aromatic rings. The van der Waals surface area contributed by atoms with E-state index in [0.29, 0.717) is 5.56 Å². The highest BCUT2D eigenvalue weighted by Crippen LogP contribution is 2.30. The maximum atomic E-state index is 12.8. The van der Waals surface area contributed by atoms with Crippen LogP contribution in [-0.2, 0) is 4.79 Å². The number of carboxylic acid groups (broad SMARTS) is 1. The molecular weight excluding hydrogens is 292 g/mol. The number of carboxylic acids is 1. The van der Waals surface area contributed by atoms with E-state index in [1.54, 1.807) is 19.2 Å². The first-order chi connectivity index (χ1) is 11.1. The monoisotopic (exact) mass is 310 g/mol. The Morgan fingerprint density at radius 3 is 2.48 bits per heavy atom. The van der Waals surface area contributed by atoms with Crippen LogP contribution < -0.4 is 0 Å². The molecule has 3 rings (SSSR count). The normalized spacial score (nSPS) is 15.0. The van der Waals surface area contributed by atoms with Crippen LogP contribution in [0.1, 0.15) is 30.1 Å². The Kier molecular flexibility index (Phi) is 4.10. The first kappa shape index (κ1) is 15.2. The first-order valence-electron chi connectivity index (χ1n) is 7.64. The number of aromatic nitrogens is 1. The van der Waals surface area contributed by atoms with Crippen LogP contribution in [0.5, 0.6) is 0 Å². The third-order valence-corrected chi connectivity index (χ3v) is 4.04. The van der Waals surface area contributed by atoms with Crippen molar-refractivity contribution in [2.75, 3.05) is 0 Å². The van der Waals surface area contributed by atoms with Gasteiger partial charge in [0.1, 0.15) is 6.04 Å². The number of hydrogen-bond donors (Lipinski definition) is 1. The van der Waals surface area contributed by atoms with Crippen LogP contribution >= 0.6 is 0 Å². The molecule has 1 saturated carbocycles. The van der Waals surface area contributed by atoms with E-state index >= 15 is 0 Å². The largest absolute Gasteiger partial charge is 0.480 e. The molecule has 1 atom stereocenters. The number of amides is 1. The second-order valence-electron chi connectivity index (χ2n) is 5.79. The van der Waals surface area contributed by atoms with Gasteiger partial charge in [0.15, 0.2) is 0 Å². The van der Waals surface area contributed by atoms with Gasteiger partial charge in [-0.25, -0.2) is 4.79 Å². The second kappa shape index (κ2) is 6.20. The van der Waals surface area contributed by atoms with Crippen LogP contribution in [0, 0.1) is 0 Å². The Morgan fingerprint density at radius 1 is 1.17 bits per heavy atom. The van der Waals surface area contributed by atoms with Crippen molar-refractivity contribution in [3.8, 4) is 11.1 Å². The van der Waals surface area contributed by atoms with Crippen molar-refractivity contribution in [2.45, 2.75) is 31.8 Å². The molecule has 118 valence electrons. The summed E-state index contributed by atoms with van der Waals surface area (Å²) >= 11 is 0. The van der Waals surface area contributed by atoms with Gasteiger partial charge in [0.2, 0.25) is 0 Å². The molecule has 1 aromatic heterocycles. The molecule has 1 aliphatic carbocycles. The van der Waals surface area contributed by atoms with Crippen molar-refractivity contribution < 1.29 is 14.7 Å². The molecule has 0 radical (unpaired) electrons. The number of aliphatic carboxylic acids is 1. The highest BCUT2D eigenvalue weighted by Gasteiger charge is 2.38. The molecule has 1 amide bonds. The molecule has 1 unspecified atom stereocenters. The van der Waals surface area contributed by atoms with Crippen LogP contribution in [-0.4, -0.2) is 39.0 Å². The lowest BCUT2D eigenvalue weighted by molar-refractivity contribution is -0.141. The fraction of sp³-hybridized carbons (Fsp3) is 0.278. The number of carbonyl (C=O) groups is 2. The van der Waals surface area contributed by atoms with Gasteiger partial charge in [0, 0.05) is 24.0 Å². The number of nitrogens with zero attached hydrogens (tertiary/aromatic N) is 2. The molecule has 0 bridgehead atoms. The smallest absolute Gasteiger partial charge is 0.326 e. The van der Waals surface area contributed by atoms with Crippen molar-refractivity contribution in [1.29, 1.82) is 0 Å². The van der Waals surface area contributed by atoms with Gasteiger partial charge >= 0.3 is 5.97 Å². The number of pyridine rings is 1. The van der Waals surface area contributed by atoms with Gasteiger partial charge in [0.05, 0.1) is 5.56 Å². The minimum Gasteiger partial charge on any atom is -0.480 e.